The lowest BCUT2D eigenvalue weighted by Gasteiger charge is -2.11. The largest absolute Gasteiger partial charge is 0.383 e. The van der Waals surface area contributed by atoms with Crippen molar-refractivity contribution in [2.24, 2.45) is 5.92 Å². The first-order valence-electron chi connectivity index (χ1n) is 6.89. The van der Waals surface area contributed by atoms with Gasteiger partial charge >= 0.3 is 0 Å². The van der Waals surface area contributed by atoms with Gasteiger partial charge in [0.1, 0.15) is 0 Å². The Bertz CT molecular complexity index is 558. The number of anilines is 1. The molecule has 1 saturated heterocycles. The van der Waals surface area contributed by atoms with Gasteiger partial charge in [0.15, 0.2) is 5.65 Å². The Labute approximate surface area is 113 Å². The second-order valence-corrected chi connectivity index (χ2v) is 5.43. The molecule has 1 aliphatic rings. The van der Waals surface area contributed by atoms with Gasteiger partial charge in [-0.2, -0.15) is 5.10 Å². The SMILES string of the molecule is CC(C)n1ncc2cc(NCC3CCOC3)cnc21. The van der Waals surface area contributed by atoms with Crippen molar-refractivity contribution >= 4 is 16.7 Å². The molecule has 3 heterocycles. The maximum absolute atomic E-state index is 5.38. The Kier molecular flexibility index (Phi) is 3.38. The molecule has 3 rings (SSSR count). The molecular formula is C14H20N4O. The van der Waals surface area contributed by atoms with Crippen molar-refractivity contribution in [2.45, 2.75) is 26.3 Å². The first-order chi connectivity index (χ1) is 9.24. The van der Waals surface area contributed by atoms with Gasteiger partial charge in [0.25, 0.3) is 0 Å². The quantitative estimate of drug-likeness (QED) is 0.917. The van der Waals surface area contributed by atoms with Gasteiger partial charge in [-0.05, 0) is 26.3 Å². The molecule has 1 N–H and O–H groups in total. The number of nitrogens with zero attached hydrogens (tertiary/aromatic N) is 3. The van der Waals surface area contributed by atoms with E-state index in [4.69, 9.17) is 4.74 Å². The minimum Gasteiger partial charge on any atom is -0.383 e. The van der Waals surface area contributed by atoms with Gasteiger partial charge in [-0.1, -0.05) is 0 Å². The van der Waals surface area contributed by atoms with Crippen molar-refractivity contribution in [3.63, 3.8) is 0 Å². The van der Waals surface area contributed by atoms with E-state index >= 15 is 0 Å². The van der Waals surface area contributed by atoms with Crippen molar-refractivity contribution in [3.05, 3.63) is 18.5 Å². The fourth-order valence-corrected chi connectivity index (χ4v) is 2.42. The molecule has 2 aromatic rings. The van der Waals surface area contributed by atoms with Gasteiger partial charge in [-0.25, -0.2) is 9.67 Å². The van der Waals surface area contributed by atoms with Crippen molar-refractivity contribution in [2.75, 3.05) is 25.1 Å². The Balaban J connectivity index is 1.74. The molecule has 19 heavy (non-hydrogen) atoms. The van der Waals surface area contributed by atoms with Crippen LogP contribution in [0.2, 0.25) is 0 Å². The zero-order valence-corrected chi connectivity index (χ0v) is 11.5. The molecule has 1 unspecified atom stereocenters. The monoisotopic (exact) mass is 260 g/mol. The highest BCUT2D eigenvalue weighted by atomic mass is 16.5. The van der Waals surface area contributed by atoms with E-state index in [0.717, 1.165) is 42.9 Å². The summed E-state index contributed by atoms with van der Waals surface area (Å²) in [7, 11) is 0. The summed E-state index contributed by atoms with van der Waals surface area (Å²) < 4.78 is 7.32. The van der Waals surface area contributed by atoms with Crippen molar-refractivity contribution in [1.82, 2.24) is 14.8 Å². The normalized spacial score (nSPS) is 19.4. The highest BCUT2D eigenvalue weighted by Gasteiger charge is 2.15. The lowest BCUT2D eigenvalue weighted by molar-refractivity contribution is 0.187. The summed E-state index contributed by atoms with van der Waals surface area (Å²) in [6.07, 6.45) is 4.92. The number of aromatic nitrogens is 3. The van der Waals surface area contributed by atoms with Crippen LogP contribution in [-0.2, 0) is 4.74 Å². The fraction of sp³-hybridized carbons (Fsp3) is 0.571. The Hall–Kier alpha value is -1.62. The number of hydrogen-bond acceptors (Lipinski definition) is 4. The van der Waals surface area contributed by atoms with Crippen LogP contribution < -0.4 is 5.32 Å². The van der Waals surface area contributed by atoms with Gasteiger partial charge in [-0.3, -0.25) is 0 Å². The summed E-state index contributed by atoms with van der Waals surface area (Å²) in [5.41, 5.74) is 2.01. The van der Waals surface area contributed by atoms with E-state index in [1.807, 2.05) is 17.1 Å². The number of ether oxygens (including phenoxy) is 1. The van der Waals surface area contributed by atoms with Crippen LogP contribution in [0.4, 0.5) is 5.69 Å². The third-order valence-corrected chi connectivity index (χ3v) is 3.54. The maximum Gasteiger partial charge on any atom is 0.158 e. The number of fused-ring (bicyclic) bond motifs is 1. The number of rotatable bonds is 4. The molecule has 1 aliphatic heterocycles. The molecule has 0 radical (unpaired) electrons. The van der Waals surface area contributed by atoms with E-state index in [1.165, 1.54) is 0 Å². The molecule has 0 spiro atoms. The van der Waals surface area contributed by atoms with Crippen LogP contribution >= 0.6 is 0 Å². The summed E-state index contributed by atoms with van der Waals surface area (Å²) in [6, 6.07) is 2.45. The van der Waals surface area contributed by atoms with Gasteiger partial charge in [-0.15, -0.1) is 0 Å². The Morgan fingerprint density at radius 3 is 3.11 bits per heavy atom. The van der Waals surface area contributed by atoms with Gasteiger partial charge < -0.3 is 10.1 Å². The molecule has 1 fully saturated rings. The zero-order chi connectivity index (χ0) is 13.2. The lowest BCUT2D eigenvalue weighted by Crippen LogP contribution is -2.14. The molecule has 5 nitrogen and oxygen atoms in total. The minimum absolute atomic E-state index is 0.333. The summed E-state index contributed by atoms with van der Waals surface area (Å²) in [4.78, 5) is 4.51. The minimum atomic E-state index is 0.333. The predicted octanol–water partition coefficient (Wildman–Crippen LogP) is 2.46. The summed E-state index contributed by atoms with van der Waals surface area (Å²) in [6.45, 7) is 6.94. The molecular weight excluding hydrogens is 240 g/mol. The average molecular weight is 260 g/mol. The third kappa shape index (κ3) is 2.56. The maximum atomic E-state index is 5.38. The van der Waals surface area contributed by atoms with Crippen LogP contribution in [0.15, 0.2) is 18.5 Å². The van der Waals surface area contributed by atoms with Crippen LogP contribution in [-0.4, -0.2) is 34.5 Å². The zero-order valence-electron chi connectivity index (χ0n) is 11.5. The van der Waals surface area contributed by atoms with Crippen LogP contribution in [0.5, 0.6) is 0 Å². The first kappa shape index (κ1) is 12.4. The first-order valence-corrected chi connectivity index (χ1v) is 6.89. The third-order valence-electron chi connectivity index (χ3n) is 3.54. The number of nitrogens with one attached hydrogen (secondary N) is 1. The molecule has 0 amide bonds. The molecule has 2 aromatic heterocycles. The number of hydrogen-bond donors (Lipinski definition) is 1. The Morgan fingerprint density at radius 2 is 2.37 bits per heavy atom. The standard InChI is InChI=1S/C14H20N4O/c1-10(2)18-14-12(7-17-18)5-13(8-16-14)15-6-11-3-4-19-9-11/h5,7-8,10-11,15H,3-4,6,9H2,1-2H3. The van der Waals surface area contributed by atoms with E-state index in [-0.39, 0.29) is 0 Å². The highest BCUT2D eigenvalue weighted by molar-refractivity contribution is 5.78. The highest BCUT2D eigenvalue weighted by Crippen LogP contribution is 2.20. The van der Waals surface area contributed by atoms with Crippen molar-refractivity contribution in [3.8, 4) is 0 Å². The van der Waals surface area contributed by atoms with E-state index in [9.17, 15) is 0 Å². The molecule has 0 bridgehead atoms. The van der Waals surface area contributed by atoms with E-state index in [1.54, 1.807) is 0 Å². The summed E-state index contributed by atoms with van der Waals surface area (Å²) >= 11 is 0. The van der Waals surface area contributed by atoms with Crippen LogP contribution in [0.25, 0.3) is 11.0 Å². The van der Waals surface area contributed by atoms with Gasteiger partial charge in [0, 0.05) is 30.5 Å². The molecule has 0 saturated carbocycles. The molecule has 1 atom stereocenters. The van der Waals surface area contributed by atoms with E-state index in [0.29, 0.717) is 12.0 Å². The van der Waals surface area contributed by atoms with Crippen LogP contribution in [0, 0.1) is 5.92 Å². The lowest BCUT2D eigenvalue weighted by atomic mass is 10.1. The molecule has 0 aromatic carbocycles. The molecule has 0 aliphatic carbocycles. The smallest absolute Gasteiger partial charge is 0.158 e. The summed E-state index contributed by atoms with van der Waals surface area (Å²) in [5, 5.41) is 8.90. The second-order valence-electron chi connectivity index (χ2n) is 5.43. The van der Waals surface area contributed by atoms with Crippen molar-refractivity contribution in [1.29, 1.82) is 0 Å². The topological polar surface area (TPSA) is 52.0 Å². The average Bonchev–Trinajstić information content (AvgIpc) is 3.05. The number of pyridine rings is 1. The van der Waals surface area contributed by atoms with E-state index in [2.05, 4.69) is 35.3 Å². The fourth-order valence-electron chi connectivity index (χ4n) is 2.42. The van der Waals surface area contributed by atoms with E-state index < -0.39 is 0 Å². The second kappa shape index (κ2) is 5.17. The molecule has 102 valence electrons. The predicted molar refractivity (Wildman–Crippen MR) is 75.3 cm³/mol. The van der Waals surface area contributed by atoms with Crippen LogP contribution in [0.3, 0.4) is 0 Å². The van der Waals surface area contributed by atoms with Gasteiger partial charge in [0.05, 0.1) is 24.7 Å². The Morgan fingerprint density at radius 1 is 1.47 bits per heavy atom. The van der Waals surface area contributed by atoms with Crippen molar-refractivity contribution < 1.29 is 4.74 Å². The van der Waals surface area contributed by atoms with Gasteiger partial charge in [0.2, 0.25) is 0 Å². The molecule has 5 heteroatoms. The van der Waals surface area contributed by atoms with Crippen LogP contribution in [0.1, 0.15) is 26.3 Å². The summed E-state index contributed by atoms with van der Waals surface area (Å²) in [5.74, 6) is 0.620.